The van der Waals surface area contributed by atoms with Crippen LogP contribution in [0.25, 0.3) is 0 Å². The van der Waals surface area contributed by atoms with E-state index in [4.69, 9.17) is 21.1 Å². The largest absolute Gasteiger partial charge is 0.492 e. The molecular formula is C22H21BrClN3O3. The predicted octanol–water partition coefficient (Wildman–Crippen LogP) is 6.10. The molecule has 156 valence electrons. The van der Waals surface area contributed by atoms with Gasteiger partial charge >= 0.3 is 6.01 Å². The average molecular weight is 491 g/mol. The number of nitrogens with zero attached hydrogens (tertiary/aromatic N) is 2. The molecule has 6 nitrogen and oxygen atoms in total. The van der Waals surface area contributed by atoms with Gasteiger partial charge in [0.05, 0.1) is 11.1 Å². The molecule has 0 spiro atoms. The lowest BCUT2D eigenvalue weighted by Gasteiger charge is -2.09. The molecule has 1 amide bonds. The van der Waals surface area contributed by atoms with Gasteiger partial charge < -0.3 is 14.8 Å². The van der Waals surface area contributed by atoms with Gasteiger partial charge in [0, 0.05) is 28.5 Å². The minimum atomic E-state index is -0.0833. The monoisotopic (exact) mass is 489 g/mol. The molecule has 30 heavy (non-hydrogen) atoms. The van der Waals surface area contributed by atoms with Gasteiger partial charge in [0.15, 0.2) is 0 Å². The third-order valence-corrected chi connectivity index (χ3v) is 4.86. The number of halogens is 2. The highest BCUT2D eigenvalue weighted by Crippen LogP contribution is 2.28. The van der Waals surface area contributed by atoms with Gasteiger partial charge in [-0.15, -0.1) is 0 Å². The summed E-state index contributed by atoms with van der Waals surface area (Å²) in [6.07, 6.45) is 0.937. The maximum absolute atomic E-state index is 12.1. The highest BCUT2D eigenvalue weighted by atomic mass is 79.9. The summed E-state index contributed by atoms with van der Waals surface area (Å²) in [5, 5.41) is 3.49. The third kappa shape index (κ3) is 6.71. The molecule has 1 aromatic heterocycles. The number of rotatable bonds is 8. The second-order valence-electron chi connectivity index (χ2n) is 6.63. The van der Waals surface area contributed by atoms with Gasteiger partial charge in [0.1, 0.15) is 11.5 Å². The van der Waals surface area contributed by atoms with Crippen molar-refractivity contribution in [2.24, 2.45) is 0 Å². The lowest BCUT2D eigenvalue weighted by atomic mass is 10.2. The minimum Gasteiger partial charge on any atom is -0.492 e. The molecule has 0 fully saturated rings. The molecule has 0 saturated heterocycles. The normalized spacial score (nSPS) is 10.5. The standard InChI is InChI=1S/C22H21BrClN3O3/c1-14-12-15(2)26-22(25-14)30-18-8-6-17(7-9-18)27-21(28)4-3-11-29-20-10-5-16(24)13-19(20)23/h5-10,12-13H,3-4,11H2,1-2H3,(H,27,28). The molecule has 0 aliphatic carbocycles. The maximum Gasteiger partial charge on any atom is 0.322 e. The van der Waals surface area contributed by atoms with E-state index >= 15 is 0 Å². The zero-order valence-electron chi connectivity index (χ0n) is 16.6. The molecule has 8 heteroatoms. The highest BCUT2D eigenvalue weighted by molar-refractivity contribution is 9.10. The molecule has 1 heterocycles. The number of hydrogen-bond acceptors (Lipinski definition) is 5. The summed E-state index contributed by atoms with van der Waals surface area (Å²) < 4.78 is 12.1. The van der Waals surface area contributed by atoms with E-state index in [0.717, 1.165) is 15.9 Å². The number of hydrogen-bond donors (Lipinski definition) is 1. The minimum absolute atomic E-state index is 0.0833. The van der Waals surface area contributed by atoms with Gasteiger partial charge in [-0.2, -0.15) is 0 Å². The number of benzene rings is 2. The molecule has 0 bridgehead atoms. The van der Waals surface area contributed by atoms with Crippen molar-refractivity contribution in [2.75, 3.05) is 11.9 Å². The van der Waals surface area contributed by atoms with E-state index in [-0.39, 0.29) is 5.91 Å². The van der Waals surface area contributed by atoms with Gasteiger partial charge in [0.2, 0.25) is 5.91 Å². The van der Waals surface area contributed by atoms with Gasteiger partial charge in [-0.25, -0.2) is 9.97 Å². The summed E-state index contributed by atoms with van der Waals surface area (Å²) in [5.74, 6) is 1.21. The second kappa shape index (κ2) is 10.4. The van der Waals surface area contributed by atoms with Crippen LogP contribution in [0.2, 0.25) is 5.02 Å². The van der Waals surface area contributed by atoms with Crippen LogP contribution in [0.3, 0.4) is 0 Å². The van der Waals surface area contributed by atoms with Gasteiger partial charge in [-0.3, -0.25) is 4.79 Å². The van der Waals surface area contributed by atoms with E-state index in [1.165, 1.54) is 0 Å². The lowest BCUT2D eigenvalue weighted by Crippen LogP contribution is -2.12. The van der Waals surface area contributed by atoms with Crippen LogP contribution >= 0.6 is 27.5 Å². The van der Waals surface area contributed by atoms with Gasteiger partial charge in [-0.1, -0.05) is 11.6 Å². The number of carbonyl (C=O) groups excluding carboxylic acids is 1. The van der Waals surface area contributed by atoms with Crippen molar-refractivity contribution in [3.63, 3.8) is 0 Å². The molecule has 0 aliphatic heterocycles. The number of amides is 1. The fourth-order valence-corrected chi connectivity index (χ4v) is 3.48. The molecule has 2 aromatic carbocycles. The summed E-state index contributed by atoms with van der Waals surface area (Å²) in [5.41, 5.74) is 2.37. The van der Waals surface area contributed by atoms with Crippen molar-refractivity contribution in [3.8, 4) is 17.5 Å². The van der Waals surface area contributed by atoms with Crippen molar-refractivity contribution >= 4 is 39.1 Å². The maximum atomic E-state index is 12.1. The zero-order chi connectivity index (χ0) is 21.5. The van der Waals surface area contributed by atoms with E-state index in [1.54, 1.807) is 42.5 Å². The van der Waals surface area contributed by atoms with E-state index in [0.29, 0.717) is 47.7 Å². The topological polar surface area (TPSA) is 73.3 Å². The Hall–Kier alpha value is -2.64. The number of nitrogens with one attached hydrogen (secondary N) is 1. The molecular weight excluding hydrogens is 470 g/mol. The van der Waals surface area contributed by atoms with Crippen molar-refractivity contribution in [1.82, 2.24) is 9.97 Å². The summed E-state index contributed by atoms with van der Waals surface area (Å²) in [6.45, 7) is 4.20. The smallest absolute Gasteiger partial charge is 0.322 e. The number of ether oxygens (including phenoxy) is 2. The number of carbonyl (C=O) groups is 1. The van der Waals surface area contributed by atoms with Crippen molar-refractivity contribution < 1.29 is 14.3 Å². The molecule has 1 N–H and O–H groups in total. The van der Waals surface area contributed by atoms with Crippen molar-refractivity contribution in [3.05, 3.63) is 69.4 Å². The molecule has 0 atom stereocenters. The quantitative estimate of drug-likeness (QED) is 0.386. The molecule has 0 unspecified atom stereocenters. The molecule has 0 radical (unpaired) electrons. The van der Waals surface area contributed by atoms with Crippen LogP contribution in [-0.4, -0.2) is 22.5 Å². The number of anilines is 1. The molecule has 0 aliphatic rings. The molecule has 3 rings (SSSR count). The van der Waals surface area contributed by atoms with Gasteiger partial charge in [0.25, 0.3) is 0 Å². The SMILES string of the molecule is Cc1cc(C)nc(Oc2ccc(NC(=O)CCCOc3ccc(Cl)cc3Br)cc2)n1. The number of aryl methyl sites for hydroxylation is 2. The third-order valence-electron chi connectivity index (χ3n) is 4.01. The predicted molar refractivity (Wildman–Crippen MR) is 121 cm³/mol. The molecule has 0 saturated carbocycles. The van der Waals surface area contributed by atoms with Crippen LogP contribution in [0.4, 0.5) is 5.69 Å². The van der Waals surface area contributed by atoms with Crippen LogP contribution in [0.5, 0.6) is 17.5 Å². The Morgan fingerprint density at radius 1 is 1.07 bits per heavy atom. The fourth-order valence-electron chi connectivity index (χ4n) is 2.68. The van der Waals surface area contributed by atoms with Crippen LogP contribution in [0, 0.1) is 13.8 Å². The summed E-state index contributed by atoms with van der Waals surface area (Å²) in [4.78, 5) is 20.6. The van der Waals surface area contributed by atoms with Crippen molar-refractivity contribution in [2.45, 2.75) is 26.7 Å². The van der Waals surface area contributed by atoms with E-state index < -0.39 is 0 Å². The van der Waals surface area contributed by atoms with Gasteiger partial charge in [-0.05, 0) is 84.7 Å². The fraction of sp³-hybridized carbons (Fsp3) is 0.227. The Morgan fingerprint density at radius 3 is 2.43 bits per heavy atom. The van der Waals surface area contributed by atoms with E-state index in [1.807, 2.05) is 19.9 Å². The average Bonchev–Trinajstić information content (AvgIpc) is 2.67. The summed E-state index contributed by atoms with van der Waals surface area (Å²) in [6, 6.07) is 14.6. The first-order chi connectivity index (χ1) is 14.4. The number of aromatic nitrogens is 2. The Labute approximate surface area is 188 Å². The Kier molecular flexibility index (Phi) is 7.65. The summed E-state index contributed by atoms with van der Waals surface area (Å²) in [7, 11) is 0. The lowest BCUT2D eigenvalue weighted by molar-refractivity contribution is -0.116. The Morgan fingerprint density at radius 2 is 1.77 bits per heavy atom. The van der Waals surface area contributed by atoms with E-state index in [9.17, 15) is 4.79 Å². The second-order valence-corrected chi connectivity index (χ2v) is 7.93. The van der Waals surface area contributed by atoms with Crippen LogP contribution in [0.1, 0.15) is 24.2 Å². The first-order valence-electron chi connectivity index (χ1n) is 9.37. The highest BCUT2D eigenvalue weighted by Gasteiger charge is 2.06. The molecule has 3 aromatic rings. The summed E-state index contributed by atoms with van der Waals surface area (Å²) >= 11 is 9.31. The Bertz CT molecular complexity index is 1010. The van der Waals surface area contributed by atoms with Crippen LogP contribution < -0.4 is 14.8 Å². The van der Waals surface area contributed by atoms with Crippen LogP contribution in [-0.2, 0) is 4.79 Å². The van der Waals surface area contributed by atoms with Crippen LogP contribution in [0.15, 0.2) is 53.0 Å². The first kappa shape index (κ1) is 22.1. The van der Waals surface area contributed by atoms with E-state index in [2.05, 4.69) is 31.2 Å². The zero-order valence-corrected chi connectivity index (χ0v) is 19.0. The van der Waals surface area contributed by atoms with Crippen molar-refractivity contribution in [1.29, 1.82) is 0 Å². The Balaban J connectivity index is 1.44. The first-order valence-corrected chi connectivity index (χ1v) is 10.5.